The highest BCUT2D eigenvalue weighted by Gasteiger charge is 2.07. The van der Waals surface area contributed by atoms with E-state index >= 15 is 0 Å². The third-order valence-electron chi connectivity index (χ3n) is 3.95. The van der Waals surface area contributed by atoms with Gasteiger partial charge in [0.2, 0.25) is 0 Å². The number of Topliss-reactive ketones (excluding diaryl/α,β-unsaturated/α-hetero) is 2. The number of alkyl halides is 2. The van der Waals surface area contributed by atoms with Crippen LogP contribution in [0.4, 0.5) is 0 Å². The van der Waals surface area contributed by atoms with Crippen molar-refractivity contribution in [2.75, 3.05) is 10.7 Å². The second-order valence-electron chi connectivity index (χ2n) is 5.47. The quantitative estimate of drug-likeness (QED) is 0.291. The molecule has 0 aliphatic heterocycles. The molecule has 0 saturated carbocycles. The molecule has 25 heavy (non-hydrogen) atoms. The molecule has 0 heterocycles. The molecular weight excluding hydrogens is 512 g/mol. The Labute approximate surface area is 173 Å². The molecule has 0 amide bonds. The molecule has 5 heteroatoms. The van der Waals surface area contributed by atoms with E-state index in [4.69, 9.17) is 0 Å². The summed E-state index contributed by atoms with van der Waals surface area (Å²) in [6.45, 7) is 0. The molecule has 0 aromatic heterocycles. The third kappa shape index (κ3) is 4.46. The SMILES string of the molecule is Br.O=C(CBr)c1ccc(-c2ccc3cc(C(=O)CBr)ccc3c2)cc1. The summed E-state index contributed by atoms with van der Waals surface area (Å²) in [5.74, 6) is 0.150. The first-order valence-electron chi connectivity index (χ1n) is 7.45. The maximum absolute atomic E-state index is 11.8. The number of ketones is 2. The molecule has 3 rings (SSSR count). The number of rotatable bonds is 5. The fraction of sp³-hybridized carbons (Fsp3) is 0.100. The molecule has 0 N–H and O–H groups in total. The number of halogens is 3. The zero-order chi connectivity index (χ0) is 17.1. The van der Waals surface area contributed by atoms with Crippen LogP contribution in [0.5, 0.6) is 0 Å². The molecule has 2 nitrogen and oxygen atoms in total. The first-order valence-corrected chi connectivity index (χ1v) is 9.69. The third-order valence-corrected chi connectivity index (χ3v) is 4.96. The molecule has 0 aliphatic rings. The van der Waals surface area contributed by atoms with E-state index < -0.39 is 0 Å². The monoisotopic (exact) mass is 524 g/mol. The van der Waals surface area contributed by atoms with E-state index in [9.17, 15) is 9.59 Å². The smallest absolute Gasteiger partial charge is 0.173 e. The van der Waals surface area contributed by atoms with Crippen molar-refractivity contribution in [1.82, 2.24) is 0 Å². The number of hydrogen-bond donors (Lipinski definition) is 0. The molecule has 0 radical (unpaired) electrons. The Hall–Kier alpha value is -1.30. The van der Waals surface area contributed by atoms with Crippen LogP contribution < -0.4 is 0 Å². The van der Waals surface area contributed by atoms with Gasteiger partial charge in [-0.25, -0.2) is 0 Å². The Bertz CT molecular complexity index is 918. The van der Waals surface area contributed by atoms with Crippen LogP contribution in [0.1, 0.15) is 20.7 Å². The second-order valence-corrected chi connectivity index (χ2v) is 6.59. The van der Waals surface area contributed by atoms with E-state index in [-0.39, 0.29) is 28.5 Å². The van der Waals surface area contributed by atoms with Crippen LogP contribution >= 0.6 is 48.8 Å². The highest BCUT2D eigenvalue weighted by atomic mass is 79.9. The molecular formula is C20H15Br3O2. The first-order chi connectivity index (χ1) is 11.6. The fourth-order valence-electron chi connectivity index (χ4n) is 2.60. The van der Waals surface area contributed by atoms with Gasteiger partial charge in [0, 0.05) is 11.1 Å². The number of hydrogen-bond acceptors (Lipinski definition) is 2. The van der Waals surface area contributed by atoms with Crippen molar-refractivity contribution < 1.29 is 9.59 Å². The summed E-state index contributed by atoms with van der Waals surface area (Å²) in [6, 6.07) is 19.5. The highest BCUT2D eigenvalue weighted by Crippen LogP contribution is 2.26. The van der Waals surface area contributed by atoms with Gasteiger partial charge in [0.25, 0.3) is 0 Å². The first kappa shape index (κ1) is 20.0. The van der Waals surface area contributed by atoms with Crippen molar-refractivity contribution >= 4 is 71.2 Å². The zero-order valence-electron chi connectivity index (χ0n) is 13.2. The molecule has 0 fully saturated rings. The number of carbonyl (C=O) groups is 2. The minimum absolute atomic E-state index is 0. The van der Waals surface area contributed by atoms with Gasteiger partial charge in [0.15, 0.2) is 11.6 Å². The van der Waals surface area contributed by atoms with E-state index in [2.05, 4.69) is 37.9 Å². The summed E-state index contributed by atoms with van der Waals surface area (Å²) in [5.41, 5.74) is 3.56. The van der Waals surface area contributed by atoms with E-state index in [1.165, 1.54) is 0 Å². The van der Waals surface area contributed by atoms with E-state index in [1.807, 2.05) is 54.6 Å². The lowest BCUT2D eigenvalue weighted by atomic mass is 9.98. The Balaban J connectivity index is 0.00000225. The van der Waals surface area contributed by atoms with Gasteiger partial charge < -0.3 is 0 Å². The molecule has 0 spiro atoms. The largest absolute Gasteiger partial charge is 0.293 e. The average Bonchev–Trinajstić information content (AvgIpc) is 2.66. The lowest BCUT2D eigenvalue weighted by Gasteiger charge is -2.07. The van der Waals surface area contributed by atoms with Gasteiger partial charge in [-0.3, -0.25) is 9.59 Å². The summed E-state index contributed by atoms with van der Waals surface area (Å²) < 4.78 is 0. The van der Waals surface area contributed by atoms with Crippen LogP contribution in [0.2, 0.25) is 0 Å². The van der Waals surface area contributed by atoms with Crippen molar-refractivity contribution in [1.29, 1.82) is 0 Å². The predicted molar refractivity (Wildman–Crippen MR) is 116 cm³/mol. The number of fused-ring (bicyclic) bond motifs is 1. The van der Waals surface area contributed by atoms with E-state index in [0.29, 0.717) is 21.8 Å². The molecule has 0 atom stereocenters. The average molecular weight is 527 g/mol. The van der Waals surface area contributed by atoms with Crippen LogP contribution in [0.3, 0.4) is 0 Å². The van der Waals surface area contributed by atoms with Crippen LogP contribution in [-0.4, -0.2) is 22.2 Å². The van der Waals surface area contributed by atoms with E-state index in [1.54, 1.807) is 0 Å². The summed E-state index contributed by atoms with van der Waals surface area (Å²) in [7, 11) is 0. The summed E-state index contributed by atoms with van der Waals surface area (Å²) in [4.78, 5) is 23.4. The summed E-state index contributed by atoms with van der Waals surface area (Å²) >= 11 is 6.39. The molecule has 0 aliphatic carbocycles. The Morgan fingerprint density at radius 2 is 1.12 bits per heavy atom. The van der Waals surface area contributed by atoms with Crippen molar-refractivity contribution in [2.45, 2.75) is 0 Å². The van der Waals surface area contributed by atoms with Crippen molar-refractivity contribution in [3.63, 3.8) is 0 Å². The van der Waals surface area contributed by atoms with Crippen molar-refractivity contribution in [3.05, 3.63) is 71.8 Å². The lowest BCUT2D eigenvalue weighted by Crippen LogP contribution is -1.99. The second kappa shape index (κ2) is 8.88. The molecule has 0 bridgehead atoms. The molecule has 3 aromatic carbocycles. The molecule has 3 aromatic rings. The minimum atomic E-state index is 0. The van der Waals surface area contributed by atoms with E-state index in [0.717, 1.165) is 21.9 Å². The fourth-order valence-corrected chi connectivity index (χ4v) is 3.25. The van der Waals surface area contributed by atoms with Crippen molar-refractivity contribution in [2.24, 2.45) is 0 Å². The molecule has 0 saturated heterocycles. The molecule has 0 unspecified atom stereocenters. The Morgan fingerprint density at radius 1 is 0.640 bits per heavy atom. The number of carbonyl (C=O) groups excluding carboxylic acids is 2. The normalized spacial score (nSPS) is 10.3. The van der Waals surface area contributed by atoms with Crippen LogP contribution in [0, 0.1) is 0 Å². The summed E-state index contributed by atoms with van der Waals surface area (Å²) in [5, 5.41) is 2.78. The Morgan fingerprint density at radius 3 is 1.76 bits per heavy atom. The summed E-state index contributed by atoms with van der Waals surface area (Å²) in [6.07, 6.45) is 0. The lowest BCUT2D eigenvalue weighted by molar-refractivity contribution is 0.101. The maximum atomic E-state index is 11.8. The van der Waals surface area contributed by atoms with Gasteiger partial charge >= 0.3 is 0 Å². The van der Waals surface area contributed by atoms with Gasteiger partial charge in [0.05, 0.1) is 10.7 Å². The predicted octanol–water partition coefficient (Wildman–Crippen LogP) is 6.24. The number of benzene rings is 3. The van der Waals surface area contributed by atoms with Crippen LogP contribution in [0.25, 0.3) is 21.9 Å². The highest BCUT2D eigenvalue weighted by molar-refractivity contribution is 9.09. The van der Waals surface area contributed by atoms with Gasteiger partial charge in [-0.05, 0) is 34.0 Å². The maximum Gasteiger partial charge on any atom is 0.173 e. The standard InChI is InChI=1S/C20H14Br2O2.BrH/c21-11-19(23)14-3-1-13(2-4-14)15-5-6-17-10-18(20(24)12-22)8-7-16(17)9-15;/h1-10H,11-12H2;1H. The van der Waals surface area contributed by atoms with Gasteiger partial charge in [-0.15, -0.1) is 17.0 Å². The van der Waals surface area contributed by atoms with Crippen LogP contribution in [0.15, 0.2) is 60.7 Å². The van der Waals surface area contributed by atoms with Crippen LogP contribution in [-0.2, 0) is 0 Å². The van der Waals surface area contributed by atoms with Gasteiger partial charge in [0.1, 0.15) is 0 Å². The topological polar surface area (TPSA) is 34.1 Å². The van der Waals surface area contributed by atoms with Gasteiger partial charge in [-0.1, -0.05) is 80.4 Å². The zero-order valence-corrected chi connectivity index (χ0v) is 18.1. The Kier molecular flexibility index (Phi) is 7.11. The minimum Gasteiger partial charge on any atom is -0.293 e. The van der Waals surface area contributed by atoms with Crippen molar-refractivity contribution in [3.8, 4) is 11.1 Å². The van der Waals surface area contributed by atoms with Gasteiger partial charge in [-0.2, -0.15) is 0 Å². The molecule has 128 valence electrons.